The highest BCUT2D eigenvalue weighted by Crippen LogP contribution is 2.27. The maximum Gasteiger partial charge on any atom is 0.325 e. The highest BCUT2D eigenvalue weighted by atomic mass is 16.5. The molecule has 4 amide bonds. The molecule has 2 saturated heterocycles. The van der Waals surface area contributed by atoms with Crippen molar-refractivity contribution in [3.8, 4) is 0 Å². The largest absolute Gasteiger partial charge is 0.378 e. The Labute approximate surface area is 187 Å². The van der Waals surface area contributed by atoms with Crippen molar-refractivity contribution < 1.29 is 19.1 Å². The van der Waals surface area contributed by atoms with E-state index < -0.39 is 17.5 Å². The number of imide groups is 1. The minimum atomic E-state index is -1.03. The number of ether oxygens (including phenoxy) is 1. The van der Waals surface area contributed by atoms with E-state index in [1.165, 1.54) is 0 Å². The molecule has 0 aliphatic carbocycles. The van der Waals surface area contributed by atoms with Crippen LogP contribution in [0.1, 0.15) is 18.9 Å². The Bertz CT molecular complexity index is 991. The third-order valence-electron chi connectivity index (χ3n) is 5.93. The fourth-order valence-electron chi connectivity index (χ4n) is 4.09. The number of aryl methyl sites for hydroxylation is 1. The number of amides is 4. The Morgan fingerprint density at radius 2 is 1.75 bits per heavy atom. The molecule has 0 unspecified atom stereocenters. The van der Waals surface area contributed by atoms with E-state index in [0.29, 0.717) is 31.7 Å². The van der Waals surface area contributed by atoms with Crippen LogP contribution >= 0.6 is 0 Å². The van der Waals surface area contributed by atoms with Gasteiger partial charge in [0.2, 0.25) is 5.91 Å². The van der Waals surface area contributed by atoms with Crippen LogP contribution in [0.3, 0.4) is 0 Å². The van der Waals surface area contributed by atoms with Gasteiger partial charge in [0.05, 0.1) is 24.6 Å². The number of hydrogen-bond acceptors (Lipinski definition) is 5. The molecule has 8 heteroatoms. The number of hydrogen-bond donors (Lipinski definition) is 2. The topological polar surface area (TPSA) is 91.0 Å². The summed E-state index contributed by atoms with van der Waals surface area (Å²) in [5.74, 6) is -0.795. The van der Waals surface area contributed by atoms with Gasteiger partial charge in [0.15, 0.2) is 0 Å². The van der Waals surface area contributed by atoms with Crippen LogP contribution in [0.2, 0.25) is 0 Å². The van der Waals surface area contributed by atoms with Crippen molar-refractivity contribution in [3.63, 3.8) is 0 Å². The first kappa shape index (κ1) is 21.8. The number of nitrogens with one attached hydrogen (secondary N) is 2. The molecule has 32 heavy (non-hydrogen) atoms. The molecular weight excluding hydrogens is 408 g/mol. The fraction of sp³-hybridized carbons (Fsp3) is 0.375. The van der Waals surface area contributed by atoms with E-state index in [0.717, 1.165) is 29.2 Å². The van der Waals surface area contributed by atoms with Gasteiger partial charge in [0.1, 0.15) is 12.1 Å². The molecule has 2 aliphatic heterocycles. The lowest BCUT2D eigenvalue weighted by Gasteiger charge is -2.30. The average molecular weight is 437 g/mol. The predicted octanol–water partition coefficient (Wildman–Crippen LogP) is 2.41. The summed E-state index contributed by atoms with van der Waals surface area (Å²) >= 11 is 0. The van der Waals surface area contributed by atoms with Crippen LogP contribution in [0.5, 0.6) is 0 Å². The summed E-state index contributed by atoms with van der Waals surface area (Å²) in [6, 6.07) is 16.8. The first-order valence-electron chi connectivity index (χ1n) is 10.9. The smallest absolute Gasteiger partial charge is 0.325 e. The quantitative estimate of drug-likeness (QED) is 0.651. The molecule has 0 bridgehead atoms. The first-order chi connectivity index (χ1) is 15.5. The first-order valence-corrected chi connectivity index (χ1v) is 10.9. The molecular formula is C24H28N4O4. The zero-order chi connectivity index (χ0) is 22.6. The normalized spacial score (nSPS) is 20.9. The molecule has 2 N–H and O–H groups in total. The minimum absolute atomic E-state index is 0.330. The van der Waals surface area contributed by atoms with Crippen LogP contribution in [-0.2, 0) is 20.7 Å². The van der Waals surface area contributed by atoms with E-state index in [1.807, 2.05) is 54.6 Å². The molecule has 168 valence electrons. The fourth-order valence-corrected chi connectivity index (χ4v) is 4.09. The van der Waals surface area contributed by atoms with E-state index >= 15 is 0 Å². The van der Waals surface area contributed by atoms with Gasteiger partial charge in [0.25, 0.3) is 5.91 Å². The van der Waals surface area contributed by atoms with Crippen molar-refractivity contribution in [2.75, 3.05) is 43.1 Å². The second-order valence-corrected chi connectivity index (χ2v) is 8.30. The lowest BCUT2D eigenvalue weighted by molar-refractivity contribution is -0.133. The Kier molecular flexibility index (Phi) is 6.41. The third kappa shape index (κ3) is 4.75. The van der Waals surface area contributed by atoms with E-state index in [4.69, 9.17) is 4.74 Å². The monoisotopic (exact) mass is 436 g/mol. The molecule has 0 radical (unpaired) electrons. The summed E-state index contributed by atoms with van der Waals surface area (Å²) < 4.78 is 5.40. The van der Waals surface area contributed by atoms with Crippen molar-refractivity contribution in [2.45, 2.75) is 25.3 Å². The lowest BCUT2D eigenvalue weighted by Crippen LogP contribution is -2.45. The summed E-state index contributed by atoms with van der Waals surface area (Å²) in [6.45, 7) is 4.11. The van der Waals surface area contributed by atoms with Gasteiger partial charge in [-0.3, -0.25) is 14.5 Å². The summed E-state index contributed by atoms with van der Waals surface area (Å²) in [5, 5.41) is 5.63. The van der Waals surface area contributed by atoms with Crippen molar-refractivity contribution in [1.82, 2.24) is 10.2 Å². The van der Waals surface area contributed by atoms with Crippen molar-refractivity contribution in [2.24, 2.45) is 0 Å². The van der Waals surface area contributed by atoms with Crippen molar-refractivity contribution >= 4 is 29.2 Å². The zero-order valence-electron chi connectivity index (χ0n) is 18.2. The summed E-state index contributed by atoms with van der Waals surface area (Å²) in [6.07, 6.45) is 1.11. The van der Waals surface area contributed by atoms with Gasteiger partial charge in [-0.1, -0.05) is 42.5 Å². The molecule has 2 aromatic carbocycles. The number of anilines is 2. The van der Waals surface area contributed by atoms with E-state index in [1.54, 1.807) is 6.92 Å². The van der Waals surface area contributed by atoms with Crippen LogP contribution in [-0.4, -0.2) is 61.1 Å². The maximum atomic E-state index is 13.0. The Balaban J connectivity index is 1.39. The van der Waals surface area contributed by atoms with E-state index in [2.05, 4.69) is 15.5 Å². The third-order valence-corrected chi connectivity index (χ3v) is 5.93. The molecule has 2 aromatic rings. The molecule has 0 aromatic heterocycles. The van der Waals surface area contributed by atoms with Crippen molar-refractivity contribution in [3.05, 3.63) is 60.2 Å². The molecule has 8 nitrogen and oxygen atoms in total. The number of morpholine rings is 1. The molecule has 2 fully saturated rings. The Morgan fingerprint density at radius 3 is 2.50 bits per heavy atom. The Morgan fingerprint density at radius 1 is 1.06 bits per heavy atom. The van der Waals surface area contributed by atoms with Crippen LogP contribution in [0.4, 0.5) is 16.2 Å². The molecule has 2 heterocycles. The van der Waals surface area contributed by atoms with E-state index in [-0.39, 0.29) is 12.5 Å². The molecule has 2 aliphatic rings. The summed E-state index contributed by atoms with van der Waals surface area (Å²) in [7, 11) is 0. The summed E-state index contributed by atoms with van der Waals surface area (Å²) in [4.78, 5) is 41.4. The number of nitrogens with zero attached hydrogens (tertiary/aromatic N) is 2. The zero-order valence-corrected chi connectivity index (χ0v) is 18.2. The van der Waals surface area contributed by atoms with Gasteiger partial charge < -0.3 is 20.3 Å². The molecule has 4 rings (SSSR count). The highest BCUT2D eigenvalue weighted by Gasteiger charge is 2.47. The van der Waals surface area contributed by atoms with Gasteiger partial charge in [-0.05, 0) is 37.5 Å². The second-order valence-electron chi connectivity index (χ2n) is 8.30. The van der Waals surface area contributed by atoms with Gasteiger partial charge in [-0.2, -0.15) is 0 Å². The standard InChI is InChI=1S/C24H28N4O4/c1-24(12-11-18-7-3-2-4-8-18)22(30)28(23(31)26-24)17-21(29)25-19-9-5-6-10-20(19)27-13-15-32-16-14-27/h2-10H,11-17H2,1H3,(H,25,29)(H,26,31)/t24-/m1/s1. The number of urea groups is 1. The predicted molar refractivity (Wildman–Crippen MR) is 122 cm³/mol. The minimum Gasteiger partial charge on any atom is -0.378 e. The maximum absolute atomic E-state index is 13.0. The number of para-hydroxylation sites is 2. The number of carbonyl (C=O) groups is 3. The van der Waals surface area contributed by atoms with Gasteiger partial charge in [-0.15, -0.1) is 0 Å². The molecule has 0 saturated carbocycles. The van der Waals surface area contributed by atoms with Gasteiger partial charge in [0, 0.05) is 13.1 Å². The molecule has 1 atom stereocenters. The van der Waals surface area contributed by atoms with Gasteiger partial charge in [-0.25, -0.2) is 4.79 Å². The van der Waals surface area contributed by atoms with Crippen LogP contribution in [0, 0.1) is 0 Å². The Hall–Kier alpha value is -3.39. The number of carbonyl (C=O) groups excluding carboxylic acids is 3. The molecule has 0 spiro atoms. The van der Waals surface area contributed by atoms with Crippen LogP contribution in [0.15, 0.2) is 54.6 Å². The van der Waals surface area contributed by atoms with Crippen LogP contribution in [0.25, 0.3) is 0 Å². The van der Waals surface area contributed by atoms with Crippen LogP contribution < -0.4 is 15.5 Å². The number of rotatable bonds is 7. The highest BCUT2D eigenvalue weighted by molar-refractivity contribution is 6.10. The number of benzene rings is 2. The lowest BCUT2D eigenvalue weighted by atomic mass is 9.93. The SMILES string of the molecule is C[C@]1(CCc2ccccc2)NC(=O)N(CC(=O)Nc2ccccc2N2CCOCC2)C1=O. The van der Waals surface area contributed by atoms with E-state index in [9.17, 15) is 14.4 Å². The van der Waals surface area contributed by atoms with Gasteiger partial charge >= 0.3 is 6.03 Å². The van der Waals surface area contributed by atoms with Crippen molar-refractivity contribution in [1.29, 1.82) is 0 Å². The average Bonchev–Trinajstić information content (AvgIpc) is 3.02. The summed E-state index contributed by atoms with van der Waals surface area (Å²) in [5.41, 5.74) is 1.61. The second kappa shape index (κ2) is 9.40.